The fraction of sp³-hybridized carbons (Fsp3) is 0.462. The first-order chi connectivity index (χ1) is 8.50. The molecule has 0 unspecified atom stereocenters. The molecule has 5 heteroatoms. The van der Waals surface area contributed by atoms with E-state index in [9.17, 15) is 0 Å². The molecule has 2 aromatic rings. The van der Waals surface area contributed by atoms with Crippen molar-refractivity contribution in [1.29, 1.82) is 0 Å². The van der Waals surface area contributed by atoms with Crippen molar-refractivity contribution < 1.29 is 0 Å². The van der Waals surface area contributed by atoms with Gasteiger partial charge in [-0.1, -0.05) is 17.7 Å². The Morgan fingerprint density at radius 3 is 2.83 bits per heavy atom. The zero-order chi connectivity index (χ0) is 13.3. The van der Waals surface area contributed by atoms with Gasteiger partial charge >= 0.3 is 0 Å². The maximum Gasteiger partial charge on any atom is 0.178 e. The molecule has 1 heterocycles. The van der Waals surface area contributed by atoms with Crippen molar-refractivity contribution in [3.05, 3.63) is 28.0 Å². The number of hydrogen-bond donors (Lipinski definition) is 1. The van der Waals surface area contributed by atoms with E-state index in [1.807, 2.05) is 18.2 Å². The van der Waals surface area contributed by atoms with Crippen LogP contribution in [0.1, 0.15) is 13.8 Å². The van der Waals surface area contributed by atoms with Crippen molar-refractivity contribution >= 4 is 34.9 Å². The second-order valence-electron chi connectivity index (χ2n) is 4.79. The van der Waals surface area contributed by atoms with Crippen LogP contribution in [-0.4, -0.2) is 34.1 Å². The van der Waals surface area contributed by atoms with Crippen LogP contribution in [0.15, 0.2) is 18.2 Å². The molecule has 0 bridgehead atoms. The minimum Gasteiger partial charge on any atom is -0.331 e. The van der Waals surface area contributed by atoms with Gasteiger partial charge in [-0.2, -0.15) is 0 Å². The van der Waals surface area contributed by atoms with Crippen LogP contribution in [0.4, 0.5) is 0 Å². The summed E-state index contributed by atoms with van der Waals surface area (Å²) in [6, 6.07) is 6.36. The highest BCUT2D eigenvalue weighted by molar-refractivity contribution is 7.71. The maximum atomic E-state index is 6.25. The Balaban J connectivity index is 2.33. The quantitative estimate of drug-likeness (QED) is 0.865. The predicted molar refractivity (Wildman–Crippen MR) is 79.9 cm³/mol. The van der Waals surface area contributed by atoms with Crippen molar-refractivity contribution in [2.24, 2.45) is 0 Å². The highest BCUT2D eigenvalue weighted by Gasteiger charge is 2.09. The van der Waals surface area contributed by atoms with E-state index in [2.05, 4.69) is 35.3 Å². The molecule has 0 atom stereocenters. The van der Waals surface area contributed by atoms with Gasteiger partial charge in [0.15, 0.2) is 4.77 Å². The van der Waals surface area contributed by atoms with E-state index in [0.717, 1.165) is 33.9 Å². The van der Waals surface area contributed by atoms with Crippen molar-refractivity contribution in [2.75, 3.05) is 13.6 Å². The summed E-state index contributed by atoms with van der Waals surface area (Å²) in [6.45, 7) is 6.16. The lowest BCUT2D eigenvalue weighted by atomic mass is 10.3. The Hall–Kier alpha value is -0.840. The minimum absolute atomic E-state index is 0.528. The first-order valence-corrected chi connectivity index (χ1v) is 6.86. The molecule has 0 aliphatic heterocycles. The Labute approximate surface area is 117 Å². The van der Waals surface area contributed by atoms with E-state index in [0.29, 0.717) is 6.04 Å². The number of aromatic amines is 1. The molecule has 18 heavy (non-hydrogen) atoms. The zero-order valence-electron chi connectivity index (χ0n) is 10.9. The molecule has 0 saturated heterocycles. The number of hydrogen-bond acceptors (Lipinski definition) is 2. The van der Waals surface area contributed by atoms with Gasteiger partial charge in [0.2, 0.25) is 0 Å². The lowest BCUT2D eigenvalue weighted by molar-refractivity contribution is 0.263. The van der Waals surface area contributed by atoms with Crippen LogP contribution in [-0.2, 0) is 6.54 Å². The zero-order valence-corrected chi connectivity index (χ0v) is 12.5. The smallest absolute Gasteiger partial charge is 0.178 e. The Morgan fingerprint density at radius 1 is 1.44 bits per heavy atom. The number of para-hydroxylation sites is 1. The summed E-state index contributed by atoms with van der Waals surface area (Å²) in [5.74, 6) is 0. The summed E-state index contributed by atoms with van der Waals surface area (Å²) < 4.78 is 2.81. The number of halogens is 1. The van der Waals surface area contributed by atoms with Crippen LogP contribution >= 0.6 is 23.8 Å². The summed E-state index contributed by atoms with van der Waals surface area (Å²) in [7, 11) is 2.12. The topological polar surface area (TPSA) is 24.0 Å². The number of benzene rings is 1. The van der Waals surface area contributed by atoms with Crippen LogP contribution in [0.3, 0.4) is 0 Å². The fourth-order valence-corrected chi connectivity index (χ4v) is 2.47. The van der Waals surface area contributed by atoms with Gasteiger partial charge in [-0.05, 0) is 45.2 Å². The van der Waals surface area contributed by atoms with Gasteiger partial charge in [0, 0.05) is 19.1 Å². The summed E-state index contributed by atoms with van der Waals surface area (Å²) in [5.41, 5.74) is 2.00. The molecule has 2 rings (SSSR count). The van der Waals surface area contributed by atoms with E-state index < -0.39 is 0 Å². The lowest BCUT2D eigenvalue weighted by Gasteiger charge is -2.21. The summed E-state index contributed by atoms with van der Waals surface area (Å²) in [5, 5.41) is 0.743. The molecule has 1 aromatic carbocycles. The third kappa shape index (κ3) is 2.60. The molecular weight excluding hydrogens is 266 g/mol. The Bertz CT molecular complexity index is 600. The SMILES string of the molecule is CC(C)N(C)CCn1c(=S)[nH]c2cccc(Cl)c21. The minimum atomic E-state index is 0.528. The number of aromatic nitrogens is 2. The van der Waals surface area contributed by atoms with Gasteiger partial charge in [-0.15, -0.1) is 0 Å². The van der Waals surface area contributed by atoms with E-state index in [-0.39, 0.29) is 0 Å². The standard InChI is InChI=1S/C13H18ClN3S/c1-9(2)16(3)7-8-17-12-10(14)5-4-6-11(12)15-13(17)18/h4-6,9H,7-8H2,1-3H3,(H,15,18). The molecule has 0 fully saturated rings. The van der Waals surface area contributed by atoms with Gasteiger partial charge in [0.25, 0.3) is 0 Å². The highest BCUT2D eigenvalue weighted by atomic mass is 35.5. The fourth-order valence-electron chi connectivity index (χ4n) is 1.90. The van der Waals surface area contributed by atoms with E-state index >= 15 is 0 Å². The number of H-pyrrole nitrogens is 1. The molecule has 0 spiro atoms. The van der Waals surface area contributed by atoms with Crippen molar-refractivity contribution in [3.63, 3.8) is 0 Å². The van der Waals surface area contributed by atoms with Crippen LogP contribution in [0.2, 0.25) is 5.02 Å². The Kier molecular flexibility index (Phi) is 4.10. The molecular formula is C13H18ClN3S. The highest BCUT2D eigenvalue weighted by Crippen LogP contribution is 2.23. The third-order valence-electron chi connectivity index (χ3n) is 3.30. The number of nitrogens with one attached hydrogen (secondary N) is 1. The second kappa shape index (κ2) is 5.43. The van der Waals surface area contributed by atoms with E-state index in [1.165, 1.54) is 0 Å². The number of likely N-dealkylation sites (N-methyl/N-ethyl adjacent to an activating group) is 1. The summed E-state index contributed by atoms with van der Waals surface area (Å²) >= 11 is 11.6. The lowest BCUT2D eigenvalue weighted by Crippen LogP contribution is -2.29. The molecule has 0 saturated carbocycles. The molecule has 1 aromatic heterocycles. The molecule has 0 aliphatic rings. The largest absolute Gasteiger partial charge is 0.331 e. The van der Waals surface area contributed by atoms with Crippen molar-refractivity contribution in [3.8, 4) is 0 Å². The first kappa shape index (κ1) is 13.6. The monoisotopic (exact) mass is 283 g/mol. The molecule has 0 amide bonds. The van der Waals surface area contributed by atoms with Crippen molar-refractivity contribution in [2.45, 2.75) is 26.4 Å². The normalized spacial score (nSPS) is 11.9. The van der Waals surface area contributed by atoms with Gasteiger partial charge in [0.1, 0.15) is 0 Å². The molecule has 0 aliphatic carbocycles. The van der Waals surface area contributed by atoms with Crippen LogP contribution in [0, 0.1) is 4.77 Å². The Morgan fingerprint density at radius 2 is 2.17 bits per heavy atom. The van der Waals surface area contributed by atoms with Gasteiger partial charge in [-0.3, -0.25) is 0 Å². The van der Waals surface area contributed by atoms with Crippen LogP contribution in [0.25, 0.3) is 11.0 Å². The van der Waals surface area contributed by atoms with E-state index in [4.69, 9.17) is 23.8 Å². The predicted octanol–water partition coefficient (Wildman–Crippen LogP) is 3.69. The molecule has 0 radical (unpaired) electrons. The molecule has 3 nitrogen and oxygen atoms in total. The first-order valence-electron chi connectivity index (χ1n) is 6.08. The third-order valence-corrected chi connectivity index (χ3v) is 3.93. The second-order valence-corrected chi connectivity index (χ2v) is 5.59. The molecule has 98 valence electrons. The number of fused-ring (bicyclic) bond motifs is 1. The number of nitrogens with zero attached hydrogens (tertiary/aromatic N) is 2. The molecule has 1 N–H and O–H groups in total. The summed E-state index contributed by atoms with van der Waals surface area (Å²) in [6.07, 6.45) is 0. The van der Waals surface area contributed by atoms with Crippen molar-refractivity contribution in [1.82, 2.24) is 14.5 Å². The van der Waals surface area contributed by atoms with Gasteiger partial charge in [-0.25, -0.2) is 0 Å². The summed E-state index contributed by atoms with van der Waals surface area (Å²) in [4.78, 5) is 5.48. The number of rotatable bonds is 4. The maximum absolute atomic E-state index is 6.25. The van der Waals surface area contributed by atoms with Gasteiger partial charge in [0.05, 0.1) is 16.1 Å². The average Bonchev–Trinajstić information content (AvgIpc) is 2.63. The van der Waals surface area contributed by atoms with Crippen LogP contribution < -0.4 is 0 Å². The van der Waals surface area contributed by atoms with Gasteiger partial charge < -0.3 is 14.5 Å². The van der Waals surface area contributed by atoms with E-state index in [1.54, 1.807) is 0 Å². The van der Waals surface area contributed by atoms with Crippen LogP contribution in [0.5, 0.6) is 0 Å². The number of imidazole rings is 1. The average molecular weight is 284 g/mol.